The Morgan fingerprint density at radius 3 is 2.81 bits per heavy atom. The normalized spacial score (nSPS) is 21.7. The number of halogens is 2. The first-order chi connectivity index (χ1) is 9.88. The molecule has 0 heterocycles. The van der Waals surface area contributed by atoms with Crippen LogP contribution in [-0.4, -0.2) is 23.0 Å². The Kier molecular flexibility index (Phi) is 4.55. The van der Waals surface area contributed by atoms with Crippen LogP contribution in [0.25, 0.3) is 0 Å². The zero-order valence-corrected chi connectivity index (χ0v) is 11.6. The zero-order chi connectivity index (χ0) is 15.6. The first-order valence-corrected chi connectivity index (χ1v) is 6.85. The average molecular weight is 297 g/mol. The molecule has 0 saturated heterocycles. The van der Waals surface area contributed by atoms with Gasteiger partial charge in [0.15, 0.2) is 0 Å². The molecule has 21 heavy (non-hydrogen) atoms. The van der Waals surface area contributed by atoms with Gasteiger partial charge in [-0.15, -0.1) is 0 Å². The van der Waals surface area contributed by atoms with E-state index in [9.17, 15) is 18.4 Å². The Balaban J connectivity index is 1.89. The topological polar surface area (TPSA) is 66.4 Å². The maximum Gasteiger partial charge on any atom is 0.303 e. The van der Waals surface area contributed by atoms with Crippen LogP contribution >= 0.6 is 0 Å². The Morgan fingerprint density at radius 1 is 1.43 bits per heavy atom. The van der Waals surface area contributed by atoms with Crippen molar-refractivity contribution in [2.24, 2.45) is 5.92 Å². The molecular formula is C15H17F2NO3. The van der Waals surface area contributed by atoms with E-state index in [1.807, 2.05) is 0 Å². The van der Waals surface area contributed by atoms with E-state index in [1.165, 1.54) is 0 Å². The number of benzene rings is 1. The van der Waals surface area contributed by atoms with E-state index < -0.39 is 17.6 Å². The molecule has 0 bridgehead atoms. The molecule has 0 aliphatic heterocycles. The van der Waals surface area contributed by atoms with Gasteiger partial charge in [-0.05, 0) is 49.4 Å². The summed E-state index contributed by atoms with van der Waals surface area (Å²) in [5, 5.41) is 11.3. The highest BCUT2D eigenvalue weighted by atomic mass is 19.1. The number of hydrogen-bond donors (Lipinski definition) is 2. The van der Waals surface area contributed by atoms with Gasteiger partial charge in [0.1, 0.15) is 11.6 Å². The molecule has 1 saturated carbocycles. The molecule has 3 atom stereocenters. The molecule has 2 rings (SSSR count). The van der Waals surface area contributed by atoms with Gasteiger partial charge in [-0.2, -0.15) is 0 Å². The Labute approximate surface area is 121 Å². The molecule has 1 aromatic rings. The number of carboxylic acids is 1. The van der Waals surface area contributed by atoms with Gasteiger partial charge in [0, 0.05) is 18.4 Å². The van der Waals surface area contributed by atoms with Crippen molar-refractivity contribution in [2.45, 2.75) is 38.1 Å². The van der Waals surface area contributed by atoms with Crippen molar-refractivity contribution in [3.05, 3.63) is 35.4 Å². The molecule has 0 spiro atoms. The second-order valence-electron chi connectivity index (χ2n) is 5.46. The number of rotatable bonds is 6. The molecule has 114 valence electrons. The number of carboxylic acid groups (broad SMARTS) is 1. The van der Waals surface area contributed by atoms with Gasteiger partial charge in [0.25, 0.3) is 0 Å². The summed E-state index contributed by atoms with van der Waals surface area (Å²) in [6.45, 7) is 1.72. The molecular weight excluding hydrogens is 280 g/mol. The fraction of sp³-hybridized carbons (Fsp3) is 0.467. The third-order valence-corrected chi connectivity index (χ3v) is 3.66. The van der Waals surface area contributed by atoms with Gasteiger partial charge in [-0.1, -0.05) is 0 Å². The summed E-state index contributed by atoms with van der Waals surface area (Å²) < 4.78 is 26.7. The van der Waals surface area contributed by atoms with Crippen LogP contribution in [0.4, 0.5) is 8.78 Å². The van der Waals surface area contributed by atoms with Crippen molar-refractivity contribution in [1.29, 1.82) is 0 Å². The summed E-state index contributed by atoms with van der Waals surface area (Å²) in [7, 11) is 0. The van der Waals surface area contributed by atoms with E-state index in [-0.39, 0.29) is 35.8 Å². The SMILES string of the molecule is CC(CCC(=O)O)NC(=O)C1CC1c1cc(F)ccc1F. The number of carbonyl (C=O) groups is 2. The van der Waals surface area contributed by atoms with E-state index in [0.29, 0.717) is 12.8 Å². The highest BCUT2D eigenvalue weighted by molar-refractivity contribution is 5.83. The number of nitrogens with one attached hydrogen (secondary N) is 1. The van der Waals surface area contributed by atoms with Crippen LogP contribution in [0.2, 0.25) is 0 Å². The summed E-state index contributed by atoms with van der Waals surface area (Å²) in [4.78, 5) is 22.4. The predicted octanol–water partition coefficient (Wildman–Crippen LogP) is 2.44. The summed E-state index contributed by atoms with van der Waals surface area (Å²) in [6.07, 6.45) is 0.804. The Morgan fingerprint density at radius 2 is 2.14 bits per heavy atom. The fourth-order valence-electron chi connectivity index (χ4n) is 2.39. The monoisotopic (exact) mass is 297 g/mol. The molecule has 0 aromatic heterocycles. The van der Waals surface area contributed by atoms with Gasteiger partial charge < -0.3 is 10.4 Å². The second kappa shape index (κ2) is 6.20. The van der Waals surface area contributed by atoms with Crippen molar-refractivity contribution in [2.75, 3.05) is 0 Å². The minimum Gasteiger partial charge on any atom is -0.481 e. The third kappa shape index (κ3) is 4.00. The van der Waals surface area contributed by atoms with Crippen molar-refractivity contribution >= 4 is 11.9 Å². The molecule has 1 aliphatic carbocycles. The van der Waals surface area contributed by atoms with Crippen LogP contribution < -0.4 is 5.32 Å². The Hall–Kier alpha value is -1.98. The van der Waals surface area contributed by atoms with Crippen LogP contribution in [-0.2, 0) is 9.59 Å². The number of aliphatic carboxylic acids is 1. The van der Waals surface area contributed by atoms with Crippen LogP contribution in [0.1, 0.15) is 37.7 Å². The van der Waals surface area contributed by atoms with Gasteiger partial charge in [-0.3, -0.25) is 9.59 Å². The predicted molar refractivity (Wildman–Crippen MR) is 71.7 cm³/mol. The fourth-order valence-corrected chi connectivity index (χ4v) is 2.39. The van der Waals surface area contributed by atoms with Crippen LogP contribution in [0.5, 0.6) is 0 Å². The third-order valence-electron chi connectivity index (χ3n) is 3.66. The molecule has 1 aromatic carbocycles. The lowest BCUT2D eigenvalue weighted by Crippen LogP contribution is -2.34. The largest absolute Gasteiger partial charge is 0.481 e. The van der Waals surface area contributed by atoms with E-state index in [1.54, 1.807) is 6.92 Å². The van der Waals surface area contributed by atoms with Gasteiger partial charge in [0.2, 0.25) is 5.91 Å². The highest BCUT2D eigenvalue weighted by Crippen LogP contribution is 2.48. The van der Waals surface area contributed by atoms with Crippen LogP contribution in [0.15, 0.2) is 18.2 Å². The van der Waals surface area contributed by atoms with E-state index in [0.717, 1.165) is 18.2 Å². The van der Waals surface area contributed by atoms with E-state index >= 15 is 0 Å². The minimum atomic E-state index is -0.915. The maximum absolute atomic E-state index is 13.6. The summed E-state index contributed by atoms with van der Waals surface area (Å²) in [5.74, 6) is -2.84. The van der Waals surface area contributed by atoms with Crippen molar-refractivity contribution in [1.82, 2.24) is 5.32 Å². The molecule has 1 fully saturated rings. The molecule has 6 heteroatoms. The summed E-state index contributed by atoms with van der Waals surface area (Å²) >= 11 is 0. The first-order valence-electron chi connectivity index (χ1n) is 6.85. The van der Waals surface area contributed by atoms with Crippen LogP contribution in [0.3, 0.4) is 0 Å². The van der Waals surface area contributed by atoms with Crippen LogP contribution in [0, 0.1) is 17.6 Å². The van der Waals surface area contributed by atoms with Gasteiger partial charge in [0.05, 0.1) is 0 Å². The number of amides is 1. The van der Waals surface area contributed by atoms with E-state index in [2.05, 4.69) is 5.32 Å². The molecule has 1 aliphatic rings. The molecule has 2 N–H and O–H groups in total. The lowest BCUT2D eigenvalue weighted by atomic mass is 10.1. The lowest BCUT2D eigenvalue weighted by Gasteiger charge is -2.12. The van der Waals surface area contributed by atoms with Crippen molar-refractivity contribution < 1.29 is 23.5 Å². The summed E-state index contributed by atoms with van der Waals surface area (Å²) in [5.41, 5.74) is 0.230. The standard InChI is InChI=1S/C15H17F2NO3/c1-8(2-5-14(19)20)18-15(21)12-7-10(12)11-6-9(16)3-4-13(11)17/h3-4,6,8,10,12H,2,5,7H2,1H3,(H,18,21)(H,19,20). The number of carbonyl (C=O) groups excluding carboxylic acids is 1. The minimum absolute atomic E-state index is 0.0198. The quantitative estimate of drug-likeness (QED) is 0.847. The second-order valence-corrected chi connectivity index (χ2v) is 5.46. The Bertz CT molecular complexity index is 562. The molecule has 3 unspecified atom stereocenters. The number of hydrogen-bond acceptors (Lipinski definition) is 2. The molecule has 0 radical (unpaired) electrons. The van der Waals surface area contributed by atoms with Gasteiger partial charge >= 0.3 is 5.97 Å². The van der Waals surface area contributed by atoms with E-state index in [4.69, 9.17) is 5.11 Å². The average Bonchev–Trinajstić information content (AvgIpc) is 3.19. The maximum atomic E-state index is 13.6. The van der Waals surface area contributed by atoms with Crippen molar-refractivity contribution in [3.8, 4) is 0 Å². The smallest absolute Gasteiger partial charge is 0.303 e. The zero-order valence-electron chi connectivity index (χ0n) is 11.6. The highest BCUT2D eigenvalue weighted by Gasteiger charge is 2.45. The van der Waals surface area contributed by atoms with Gasteiger partial charge in [-0.25, -0.2) is 8.78 Å². The lowest BCUT2D eigenvalue weighted by molar-refractivity contribution is -0.137. The van der Waals surface area contributed by atoms with Crippen molar-refractivity contribution in [3.63, 3.8) is 0 Å². The summed E-state index contributed by atoms with van der Waals surface area (Å²) in [6, 6.07) is 2.98. The first kappa shape index (κ1) is 15.4. The molecule has 1 amide bonds. The molecule has 4 nitrogen and oxygen atoms in total.